The molecule has 2 rings (SSSR count). The van der Waals surface area contributed by atoms with Gasteiger partial charge in [-0.2, -0.15) is 0 Å². The molecule has 0 aromatic heterocycles. The minimum absolute atomic E-state index is 0.334. The molecule has 1 aliphatic rings. The molecule has 1 aromatic rings. The Morgan fingerprint density at radius 2 is 2.22 bits per heavy atom. The van der Waals surface area contributed by atoms with E-state index in [4.69, 9.17) is 22.7 Å². The quantitative estimate of drug-likeness (QED) is 0.851. The number of hydrogen-bond donors (Lipinski definition) is 1. The number of halogens is 1. The summed E-state index contributed by atoms with van der Waals surface area (Å²) in [5.74, 6) is 1.65. The molecule has 0 aliphatic heterocycles. The van der Waals surface area contributed by atoms with Crippen molar-refractivity contribution in [1.29, 1.82) is 0 Å². The van der Waals surface area contributed by atoms with Crippen molar-refractivity contribution >= 4 is 33.1 Å². The van der Waals surface area contributed by atoms with E-state index in [0.29, 0.717) is 11.1 Å². The summed E-state index contributed by atoms with van der Waals surface area (Å²) in [5, 5.41) is 0. The highest BCUT2D eigenvalue weighted by Gasteiger charge is 2.21. The lowest BCUT2D eigenvalue weighted by Crippen LogP contribution is -2.24. The third-order valence-electron chi connectivity index (χ3n) is 3.40. The van der Waals surface area contributed by atoms with Gasteiger partial charge in [-0.1, -0.05) is 25.6 Å². The van der Waals surface area contributed by atoms with Crippen molar-refractivity contribution in [2.45, 2.75) is 38.7 Å². The molecule has 0 spiro atoms. The zero-order valence-corrected chi connectivity index (χ0v) is 12.9. The molecule has 1 aromatic carbocycles. The van der Waals surface area contributed by atoms with E-state index in [-0.39, 0.29) is 0 Å². The highest BCUT2D eigenvalue weighted by atomic mass is 79.9. The van der Waals surface area contributed by atoms with Gasteiger partial charge in [0.25, 0.3) is 0 Å². The largest absolute Gasteiger partial charge is 0.489 e. The first-order valence-electron chi connectivity index (χ1n) is 6.32. The molecule has 0 heterocycles. The Balaban J connectivity index is 2.07. The fourth-order valence-electron chi connectivity index (χ4n) is 2.41. The molecule has 0 saturated heterocycles. The SMILES string of the molecule is CC1CCCC(Oc2ccc(C(N)=S)cc2Br)C1. The van der Waals surface area contributed by atoms with Crippen molar-refractivity contribution in [2.24, 2.45) is 11.7 Å². The number of nitrogens with two attached hydrogens (primary N) is 1. The van der Waals surface area contributed by atoms with Crippen LogP contribution < -0.4 is 10.5 Å². The van der Waals surface area contributed by atoms with Crippen LogP contribution in [0, 0.1) is 5.92 Å². The molecule has 2 unspecified atom stereocenters. The summed E-state index contributed by atoms with van der Waals surface area (Å²) < 4.78 is 6.98. The molecule has 0 radical (unpaired) electrons. The van der Waals surface area contributed by atoms with Gasteiger partial charge < -0.3 is 10.5 Å². The molecule has 0 bridgehead atoms. The van der Waals surface area contributed by atoms with Crippen LogP contribution in [0.1, 0.15) is 38.2 Å². The third kappa shape index (κ3) is 3.45. The Morgan fingerprint density at radius 3 is 2.83 bits per heavy atom. The van der Waals surface area contributed by atoms with Crippen molar-refractivity contribution in [2.75, 3.05) is 0 Å². The number of ether oxygens (including phenoxy) is 1. The van der Waals surface area contributed by atoms with Crippen molar-refractivity contribution < 1.29 is 4.74 Å². The molecule has 0 amide bonds. The summed E-state index contributed by atoms with van der Waals surface area (Å²) >= 11 is 8.48. The predicted octanol–water partition coefficient (Wildman–Crippen LogP) is 4.04. The van der Waals surface area contributed by atoms with Crippen LogP contribution in [0.5, 0.6) is 5.75 Å². The zero-order chi connectivity index (χ0) is 13.1. The van der Waals surface area contributed by atoms with E-state index in [1.807, 2.05) is 18.2 Å². The number of thiocarbonyl (C=S) groups is 1. The molecule has 18 heavy (non-hydrogen) atoms. The molecule has 4 heteroatoms. The van der Waals surface area contributed by atoms with Crippen LogP contribution in [0.4, 0.5) is 0 Å². The van der Waals surface area contributed by atoms with Gasteiger partial charge in [-0.3, -0.25) is 0 Å². The van der Waals surface area contributed by atoms with E-state index in [2.05, 4.69) is 22.9 Å². The van der Waals surface area contributed by atoms with Gasteiger partial charge in [-0.05, 0) is 59.3 Å². The summed E-state index contributed by atoms with van der Waals surface area (Å²) in [5.41, 5.74) is 6.47. The summed E-state index contributed by atoms with van der Waals surface area (Å²) in [6.07, 6.45) is 5.20. The first-order chi connectivity index (χ1) is 8.56. The number of hydrogen-bond acceptors (Lipinski definition) is 2. The third-order valence-corrected chi connectivity index (χ3v) is 4.25. The molecule has 1 fully saturated rings. The summed E-state index contributed by atoms with van der Waals surface area (Å²) in [6.45, 7) is 2.29. The van der Waals surface area contributed by atoms with Crippen LogP contribution in [-0.4, -0.2) is 11.1 Å². The zero-order valence-electron chi connectivity index (χ0n) is 10.5. The Morgan fingerprint density at radius 1 is 1.44 bits per heavy atom. The van der Waals surface area contributed by atoms with Gasteiger partial charge in [0.15, 0.2) is 0 Å². The highest BCUT2D eigenvalue weighted by molar-refractivity contribution is 9.10. The average Bonchev–Trinajstić information content (AvgIpc) is 2.31. The van der Waals surface area contributed by atoms with Crippen molar-refractivity contribution in [3.63, 3.8) is 0 Å². The smallest absolute Gasteiger partial charge is 0.133 e. The summed E-state index contributed by atoms with van der Waals surface area (Å²) in [4.78, 5) is 0.411. The molecule has 1 saturated carbocycles. The average molecular weight is 328 g/mol. The maximum Gasteiger partial charge on any atom is 0.133 e. The van der Waals surface area contributed by atoms with Gasteiger partial charge in [-0.15, -0.1) is 0 Å². The van der Waals surface area contributed by atoms with Crippen molar-refractivity contribution in [1.82, 2.24) is 0 Å². The normalized spacial score (nSPS) is 23.7. The molecule has 2 atom stereocenters. The second kappa shape index (κ2) is 6.02. The van der Waals surface area contributed by atoms with E-state index in [1.165, 1.54) is 12.8 Å². The van der Waals surface area contributed by atoms with E-state index < -0.39 is 0 Å². The first-order valence-corrected chi connectivity index (χ1v) is 7.52. The van der Waals surface area contributed by atoms with Gasteiger partial charge in [0.2, 0.25) is 0 Å². The minimum Gasteiger partial charge on any atom is -0.489 e. The second-order valence-corrected chi connectivity index (χ2v) is 6.32. The van der Waals surface area contributed by atoms with Crippen LogP contribution in [0.3, 0.4) is 0 Å². The molecule has 2 nitrogen and oxygen atoms in total. The molecule has 98 valence electrons. The summed E-state index contributed by atoms with van der Waals surface area (Å²) in [7, 11) is 0. The second-order valence-electron chi connectivity index (χ2n) is 5.02. The van der Waals surface area contributed by atoms with E-state index >= 15 is 0 Å². The molecule has 2 N–H and O–H groups in total. The van der Waals surface area contributed by atoms with Crippen LogP contribution in [0.15, 0.2) is 22.7 Å². The Kier molecular flexibility index (Phi) is 4.62. The minimum atomic E-state index is 0.334. The lowest BCUT2D eigenvalue weighted by Gasteiger charge is -2.27. The Labute approximate surface area is 122 Å². The lowest BCUT2D eigenvalue weighted by atomic mass is 9.89. The van der Waals surface area contributed by atoms with Crippen LogP contribution in [0.2, 0.25) is 0 Å². The topological polar surface area (TPSA) is 35.2 Å². The van der Waals surface area contributed by atoms with Gasteiger partial charge >= 0.3 is 0 Å². The van der Waals surface area contributed by atoms with Gasteiger partial charge in [-0.25, -0.2) is 0 Å². The Bertz CT molecular complexity index is 449. The number of benzene rings is 1. The van der Waals surface area contributed by atoms with Crippen LogP contribution in [0.25, 0.3) is 0 Å². The van der Waals surface area contributed by atoms with Gasteiger partial charge in [0.1, 0.15) is 10.7 Å². The van der Waals surface area contributed by atoms with Crippen molar-refractivity contribution in [3.05, 3.63) is 28.2 Å². The number of rotatable bonds is 3. The summed E-state index contributed by atoms with van der Waals surface area (Å²) in [6, 6.07) is 5.77. The molecule has 1 aliphatic carbocycles. The maximum absolute atomic E-state index is 6.06. The maximum atomic E-state index is 6.06. The fourth-order valence-corrected chi connectivity index (χ4v) is 3.01. The fraction of sp³-hybridized carbons (Fsp3) is 0.500. The van der Waals surface area contributed by atoms with Crippen molar-refractivity contribution in [3.8, 4) is 5.75 Å². The highest BCUT2D eigenvalue weighted by Crippen LogP contribution is 2.31. The van der Waals surface area contributed by atoms with Crippen LogP contribution in [-0.2, 0) is 0 Å². The Hall–Kier alpha value is -0.610. The molecular weight excluding hydrogens is 310 g/mol. The first kappa shape index (κ1) is 13.8. The monoisotopic (exact) mass is 327 g/mol. The van der Waals surface area contributed by atoms with E-state index in [9.17, 15) is 0 Å². The lowest BCUT2D eigenvalue weighted by molar-refractivity contribution is 0.128. The van der Waals surface area contributed by atoms with E-state index in [1.54, 1.807) is 0 Å². The van der Waals surface area contributed by atoms with Gasteiger partial charge in [0.05, 0.1) is 10.6 Å². The molecular formula is C14H18BrNOS. The van der Waals surface area contributed by atoms with Gasteiger partial charge in [0, 0.05) is 5.56 Å². The van der Waals surface area contributed by atoms with Crippen LogP contribution >= 0.6 is 28.1 Å². The van der Waals surface area contributed by atoms with E-state index in [0.717, 1.165) is 34.5 Å². The predicted molar refractivity (Wildman–Crippen MR) is 82.1 cm³/mol. The standard InChI is InChI=1S/C14H18BrNOS/c1-9-3-2-4-11(7-9)17-13-6-5-10(14(16)18)8-12(13)15/h5-6,8-9,11H,2-4,7H2,1H3,(H2,16,18).